The Morgan fingerprint density at radius 3 is 2.23 bits per heavy atom. The van der Waals surface area contributed by atoms with Crippen LogP contribution < -0.4 is 4.74 Å². The standard InChI is InChI=1S/C24H30O6/c1-23(2,3)29-14-13-24(4,5)30-21(26)16-28-18-11-12-19(20(25)15-18)22(27)17-9-7-6-8-10-17/h6-12,15,25H,13-14,16H2,1-5H3. The summed E-state index contributed by atoms with van der Waals surface area (Å²) >= 11 is 0. The van der Waals surface area contributed by atoms with Crippen molar-refractivity contribution in [3.8, 4) is 11.5 Å². The Labute approximate surface area is 177 Å². The third-order valence-electron chi connectivity index (χ3n) is 4.24. The zero-order chi connectivity index (χ0) is 22.4. The Hall–Kier alpha value is -2.86. The van der Waals surface area contributed by atoms with Crippen molar-refractivity contribution in [2.45, 2.75) is 52.2 Å². The number of benzene rings is 2. The van der Waals surface area contributed by atoms with Crippen molar-refractivity contribution in [2.24, 2.45) is 0 Å². The van der Waals surface area contributed by atoms with E-state index in [4.69, 9.17) is 14.2 Å². The third kappa shape index (κ3) is 7.52. The van der Waals surface area contributed by atoms with Gasteiger partial charge >= 0.3 is 5.97 Å². The molecular weight excluding hydrogens is 384 g/mol. The fourth-order valence-corrected chi connectivity index (χ4v) is 2.67. The van der Waals surface area contributed by atoms with E-state index in [1.54, 1.807) is 24.3 Å². The van der Waals surface area contributed by atoms with E-state index in [0.29, 0.717) is 18.6 Å². The largest absolute Gasteiger partial charge is 0.507 e. The normalized spacial score (nSPS) is 11.8. The van der Waals surface area contributed by atoms with E-state index in [0.717, 1.165) is 0 Å². The zero-order valence-corrected chi connectivity index (χ0v) is 18.2. The first-order chi connectivity index (χ1) is 14.0. The maximum absolute atomic E-state index is 12.5. The highest BCUT2D eigenvalue weighted by atomic mass is 16.6. The van der Waals surface area contributed by atoms with Crippen LogP contribution in [0.15, 0.2) is 48.5 Å². The van der Waals surface area contributed by atoms with Gasteiger partial charge in [-0.25, -0.2) is 4.79 Å². The summed E-state index contributed by atoms with van der Waals surface area (Å²) in [6.07, 6.45) is 0.549. The van der Waals surface area contributed by atoms with Gasteiger partial charge in [-0.1, -0.05) is 30.3 Å². The number of ketones is 1. The average molecular weight is 414 g/mol. The van der Waals surface area contributed by atoms with Crippen LogP contribution in [0.4, 0.5) is 0 Å². The summed E-state index contributed by atoms with van der Waals surface area (Å²) in [5, 5.41) is 10.2. The molecule has 0 fully saturated rings. The first kappa shape index (κ1) is 23.4. The van der Waals surface area contributed by atoms with Gasteiger partial charge in [0.2, 0.25) is 0 Å². The monoisotopic (exact) mass is 414 g/mol. The minimum Gasteiger partial charge on any atom is -0.507 e. The maximum atomic E-state index is 12.5. The van der Waals surface area contributed by atoms with Gasteiger partial charge in [0.15, 0.2) is 12.4 Å². The molecule has 0 aliphatic heterocycles. The fraction of sp³-hybridized carbons (Fsp3) is 0.417. The van der Waals surface area contributed by atoms with Crippen molar-refractivity contribution in [2.75, 3.05) is 13.2 Å². The Balaban J connectivity index is 1.89. The Bertz CT molecular complexity index is 865. The van der Waals surface area contributed by atoms with Crippen LogP contribution in [0, 0.1) is 0 Å². The van der Waals surface area contributed by atoms with E-state index in [2.05, 4.69) is 0 Å². The molecule has 6 heteroatoms. The number of rotatable bonds is 9. The molecule has 162 valence electrons. The number of hydrogen-bond donors (Lipinski definition) is 1. The van der Waals surface area contributed by atoms with E-state index in [1.165, 1.54) is 18.2 Å². The lowest BCUT2D eigenvalue weighted by atomic mass is 10.0. The lowest BCUT2D eigenvalue weighted by Gasteiger charge is -2.27. The van der Waals surface area contributed by atoms with Gasteiger partial charge in [0, 0.05) is 18.1 Å². The summed E-state index contributed by atoms with van der Waals surface area (Å²) in [5.74, 6) is -0.768. The van der Waals surface area contributed by atoms with Gasteiger partial charge in [-0.15, -0.1) is 0 Å². The van der Waals surface area contributed by atoms with E-state index in [1.807, 2.05) is 40.7 Å². The molecule has 30 heavy (non-hydrogen) atoms. The second-order valence-electron chi connectivity index (χ2n) is 8.61. The summed E-state index contributed by atoms with van der Waals surface area (Å²) in [5.41, 5.74) is -0.308. The Morgan fingerprint density at radius 2 is 1.63 bits per heavy atom. The number of aromatic hydroxyl groups is 1. The number of ether oxygens (including phenoxy) is 3. The molecular formula is C24H30O6. The van der Waals surface area contributed by atoms with E-state index in [9.17, 15) is 14.7 Å². The predicted molar refractivity (Wildman–Crippen MR) is 114 cm³/mol. The summed E-state index contributed by atoms with van der Waals surface area (Å²) in [4.78, 5) is 24.6. The molecule has 2 aromatic rings. The number of carbonyl (C=O) groups is 2. The number of phenolic OH excluding ortho intramolecular Hbond substituents is 1. The van der Waals surface area contributed by atoms with Crippen LogP contribution in [-0.2, 0) is 14.3 Å². The SMILES string of the molecule is CC(C)(C)OCCC(C)(C)OC(=O)COc1ccc(C(=O)c2ccccc2)c(O)c1. The molecule has 0 unspecified atom stereocenters. The first-order valence-corrected chi connectivity index (χ1v) is 9.88. The number of phenols is 1. The molecule has 0 spiro atoms. The van der Waals surface area contributed by atoms with Crippen LogP contribution in [-0.4, -0.2) is 41.3 Å². The van der Waals surface area contributed by atoms with Crippen LogP contribution in [0.1, 0.15) is 57.0 Å². The maximum Gasteiger partial charge on any atom is 0.344 e. The summed E-state index contributed by atoms with van der Waals surface area (Å²) in [6.45, 7) is 9.68. The van der Waals surface area contributed by atoms with Crippen molar-refractivity contribution >= 4 is 11.8 Å². The molecule has 0 aliphatic rings. The minimum atomic E-state index is -0.695. The van der Waals surface area contributed by atoms with Crippen LogP contribution >= 0.6 is 0 Å². The second-order valence-corrected chi connectivity index (χ2v) is 8.61. The van der Waals surface area contributed by atoms with Crippen LogP contribution in [0.2, 0.25) is 0 Å². The number of esters is 1. The molecule has 1 N–H and O–H groups in total. The summed E-state index contributed by atoms with van der Waals surface area (Å²) in [6, 6.07) is 13.0. The number of hydrogen-bond acceptors (Lipinski definition) is 6. The smallest absolute Gasteiger partial charge is 0.344 e. The van der Waals surface area contributed by atoms with E-state index in [-0.39, 0.29) is 35.1 Å². The van der Waals surface area contributed by atoms with Crippen molar-refractivity contribution < 1.29 is 28.9 Å². The highest BCUT2D eigenvalue weighted by Crippen LogP contribution is 2.26. The molecule has 0 heterocycles. The quantitative estimate of drug-likeness (QED) is 0.480. The molecule has 0 atom stereocenters. The molecule has 0 radical (unpaired) electrons. The van der Waals surface area contributed by atoms with Gasteiger partial charge in [-0.2, -0.15) is 0 Å². The number of carbonyl (C=O) groups excluding carboxylic acids is 2. The van der Waals surface area contributed by atoms with Crippen LogP contribution in [0.5, 0.6) is 11.5 Å². The first-order valence-electron chi connectivity index (χ1n) is 9.88. The van der Waals surface area contributed by atoms with Gasteiger partial charge in [0.25, 0.3) is 0 Å². The lowest BCUT2D eigenvalue weighted by Crippen LogP contribution is -2.33. The van der Waals surface area contributed by atoms with Crippen molar-refractivity contribution in [3.05, 3.63) is 59.7 Å². The molecule has 0 aromatic heterocycles. The van der Waals surface area contributed by atoms with Crippen molar-refractivity contribution in [1.29, 1.82) is 0 Å². The van der Waals surface area contributed by atoms with Gasteiger partial charge in [-0.05, 0) is 46.8 Å². The molecule has 0 bridgehead atoms. The molecule has 2 aromatic carbocycles. The van der Waals surface area contributed by atoms with E-state index < -0.39 is 11.6 Å². The van der Waals surface area contributed by atoms with Crippen molar-refractivity contribution in [1.82, 2.24) is 0 Å². The lowest BCUT2D eigenvalue weighted by molar-refractivity contribution is -0.161. The molecule has 0 amide bonds. The predicted octanol–water partition coefficient (Wildman–Crippen LogP) is 4.53. The highest BCUT2D eigenvalue weighted by Gasteiger charge is 2.24. The van der Waals surface area contributed by atoms with E-state index >= 15 is 0 Å². The topological polar surface area (TPSA) is 82.1 Å². The fourth-order valence-electron chi connectivity index (χ4n) is 2.67. The molecule has 0 saturated heterocycles. The highest BCUT2D eigenvalue weighted by molar-refractivity contribution is 6.10. The van der Waals surface area contributed by atoms with Gasteiger partial charge in [0.1, 0.15) is 17.1 Å². The molecule has 2 rings (SSSR count). The Kier molecular flexibility index (Phi) is 7.62. The third-order valence-corrected chi connectivity index (χ3v) is 4.24. The second kappa shape index (κ2) is 9.76. The Morgan fingerprint density at radius 1 is 0.967 bits per heavy atom. The zero-order valence-electron chi connectivity index (χ0n) is 18.2. The van der Waals surface area contributed by atoms with Gasteiger partial charge < -0.3 is 19.3 Å². The van der Waals surface area contributed by atoms with Gasteiger partial charge in [0.05, 0.1) is 17.8 Å². The molecule has 0 saturated carbocycles. The van der Waals surface area contributed by atoms with Gasteiger partial charge in [-0.3, -0.25) is 4.79 Å². The molecule has 6 nitrogen and oxygen atoms in total. The molecule has 0 aliphatic carbocycles. The van der Waals surface area contributed by atoms with Crippen LogP contribution in [0.3, 0.4) is 0 Å². The van der Waals surface area contributed by atoms with Crippen LogP contribution in [0.25, 0.3) is 0 Å². The average Bonchev–Trinajstić information content (AvgIpc) is 2.65. The van der Waals surface area contributed by atoms with Crippen molar-refractivity contribution in [3.63, 3.8) is 0 Å². The summed E-state index contributed by atoms with van der Waals surface area (Å²) in [7, 11) is 0. The minimum absolute atomic E-state index is 0.163. The summed E-state index contributed by atoms with van der Waals surface area (Å²) < 4.78 is 16.6.